The van der Waals surface area contributed by atoms with Gasteiger partial charge in [-0.1, -0.05) is 18.2 Å². The maximum Gasteiger partial charge on any atom is 0.122 e. The van der Waals surface area contributed by atoms with Gasteiger partial charge in [-0.25, -0.2) is 0 Å². The van der Waals surface area contributed by atoms with E-state index in [0.717, 1.165) is 17.9 Å². The van der Waals surface area contributed by atoms with Crippen molar-refractivity contribution in [3.05, 3.63) is 29.8 Å². The lowest BCUT2D eigenvalue weighted by Crippen LogP contribution is -2.35. The maximum absolute atomic E-state index is 8.98. The second-order valence-corrected chi connectivity index (χ2v) is 4.13. The van der Waals surface area contributed by atoms with E-state index >= 15 is 0 Å². The van der Waals surface area contributed by atoms with E-state index in [4.69, 9.17) is 9.84 Å². The van der Waals surface area contributed by atoms with Crippen molar-refractivity contribution < 1.29 is 9.84 Å². The molecule has 3 nitrogen and oxygen atoms in total. The maximum atomic E-state index is 8.98. The molecule has 16 heavy (non-hydrogen) atoms. The number of para-hydroxylation sites is 1. The third-order valence-corrected chi connectivity index (χ3v) is 2.81. The van der Waals surface area contributed by atoms with Crippen LogP contribution in [0.3, 0.4) is 0 Å². The van der Waals surface area contributed by atoms with Crippen LogP contribution in [0.25, 0.3) is 0 Å². The number of likely N-dealkylation sites (N-methyl/N-ethyl adjacent to an activating group) is 1. The van der Waals surface area contributed by atoms with Gasteiger partial charge in [0.25, 0.3) is 0 Å². The van der Waals surface area contributed by atoms with Gasteiger partial charge in [0.1, 0.15) is 12.4 Å². The highest BCUT2D eigenvalue weighted by Gasteiger charge is 2.07. The Bertz CT molecular complexity index is 315. The number of nitrogens with zero attached hydrogens (tertiary/aromatic N) is 1. The first-order chi connectivity index (χ1) is 7.65. The number of aryl methyl sites for hydroxylation is 1. The van der Waals surface area contributed by atoms with Crippen molar-refractivity contribution in [1.82, 2.24) is 4.90 Å². The molecular weight excluding hydrogens is 202 g/mol. The van der Waals surface area contributed by atoms with Gasteiger partial charge in [0, 0.05) is 12.6 Å². The molecule has 0 saturated heterocycles. The molecule has 1 unspecified atom stereocenters. The highest BCUT2D eigenvalue weighted by Crippen LogP contribution is 2.15. The van der Waals surface area contributed by atoms with Crippen LogP contribution in [0, 0.1) is 6.92 Å². The van der Waals surface area contributed by atoms with Crippen LogP contribution in [0.2, 0.25) is 0 Å². The fraction of sp³-hybridized carbons (Fsp3) is 0.538. The molecule has 0 aromatic heterocycles. The third kappa shape index (κ3) is 3.83. The van der Waals surface area contributed by atoms with Gasteiger partial charge < -0.3 is 9.84 Å². The van der Waals surface area contributed by atoms with E-state index in [1.54, 1.807) is 0 Å². The van der Waals surface area contributed by atoms with Gasteiger partial charge in [-0.15, -0.1) is 0 Å². The molecule has 0 fully saturated rings. The molecule has 90 valence electrons. The Balaban J connectivity index is 2.33. The Morgan fingerprint density at radius 2 is 2.06 bits per heavy atom. The fourth-order valence-corrected chi connectivity index (χ4v) is 1.38. The normalized spacial score (nSPS) is 12.8. The Morgan fingerprint density at radius 3 is 2.69 bits per heavy atom. The zero-order valence-corrected chi connectivity index (χ0v) is 10.3. The van der Waals surface area contributed by atoms with Crippen LogP contribution in [-0.4, -0.2) is 42.9 Å². The summed E-state index contributed by atoms with van der Waals surface area (Å²) in [7, 11) is 1.99. The summed E-state index contributed by atoms with van der Waals surface area (Å²) in [5.74, 6) is 0.938. The molecule has 0 heterocycles. The highest BCUT2D eigenvalue weighted by molar-refractivity contribution is 5.31. The standard InChI is InChI=1S/C13H21NO2/c1-11-6-4-5-7-13(11)16-9-8-14(3)12(2)10-15/h4-7,12,15H,8-10H2,1-3H3. The van der Waals surface area contributed by atoms with Crippen LogP contribution < -0.4 is 4.74 Å². The summed E-state index contributed by atoms with van der Waals surface area (Å²) in [6.45, 7) is 5.67. The van der Waals surface area contributed by atoms with E-state index in [0.29, 0.717) is 6.61 Å². The van der Waals surface area contributed by atoms with Gasteiger partial charge in [0.2, 0.25) is 0 Å². The predicted octanol–water partition coefficient (Wildman–Crippen LogP) is 1.69. The number of aliphatic hydroxyl groups is 1. The van der Waals surface area contributed by atoms with Gasteiger partial charge in [0.05, 0.1) is 6.61 Å². The fourth-order valence-electron chi connectivity index (χ4n) is 1.38. The number of aliphatic hydroxyl groups excluding tert-OH is 1. The number of hydrogen-bond donors (Lipinski definition) is 1. The average Bonchev–Trinajstić information content (AvgIpc) is 2.30. The second-order valence-electron chi connectivity index (χ2n) is 4.13. The minimum atomic E-state index is 0.181. The third-order valence-electron chi connectivity index (χ3n) is 2.81. The predicted molar refractivity (Wildman–Crippen MR) is 65.9 cm³/mol. The Labute approximate surface area is 97.7 Å². The van der Waals surface area contributed by atoms with Crippen LogP contribution >= 0.6 is 0 Å². The summed E-state index contributed by atoms with van der Waals surface area (Å²) in [4.78, 5) is 2.08. The molecule has 0 spiro atoms. The monoisotopic (exact) mass is 223 g/mol. The molecule has 1 aromatic carbocycles. The van der Waals surface area contributed by atoms with Gasteiger partial charge in [0.15, 0.2) is 0 Å². The topological polar surface area (TPSA) is 32.7 Å². The van der Waals surface area contributed by atoms with Crippen molar-refractivity contribution in [2.75, 3.05) is 26.8 Å². The number of benzene rings is 1. The minimum absolute atomic E-state index is 0.181. The lowest BCUT2D eigenvalue weighted by Gasteiger charge is -2.22. The van der Waals surface area contributed by atoms with E-state index in [1.165, 1.54) is 0 Å². The first-order valence-corrected chi connectivity index (χ1v) is 5.64. The molecule has 1 N–H and O–H groups in total. The number of ether oxygens (including phenoxy) is 1. The van der Waals surface area contributed by atoms with Crippen molar-refractivity contribution in [2.45, 2.75) is 19.9 Å². The molecule has 0 amide bonds. The van der Waals surface area contributed by atoms with Crippen molar-refractivity contribution in [3.63, 3.8) is 0 Å². The molecule has 3 heteroatoms. The molecule has 0 saturated carbocycles. The molecule has 0 aliphatic carbocycles. The summed E-state index contributed by atoms with van der Waals surface area (Å²) in [6, 6.07) is 8.17. The molecule has 0 bridgehead atoms. The van der Waals surface area contributed by atoms with Crippen molar-refractivity contribution >= 4 is 0 Å². The lowest BCUT2D eigenvalue weighted by atomic mass is 10.2. The van der Waals surface area contributed by atoms with Crippen LogP contribution in [0.1, 0.15) is 12.5 Å². The number of hydrogen-bond acceptors (Lipinski definition) is 3. The van der Waals surface area contributed by atoms with Gasteiger partial charge in [-0.2, -0.15) is 0 Å². The first-order valence-electron chi connectivity index (χ1n) is 5.64. The molecule has 0 radical (unpaired) electrons. The van der Waals surface area contributed by atoms with E-state index < -0.39 is 0 Å². The van der Waals surface area contributed by atoms with E-state index in [1.807, 2.05) is 45.2 Å². The Kier molecular flexibility index (Phi) is 5.29. The first kappa shape index (κ1) is 13.0. The highest BCUT2D eigenvalue weighted by atomic mass is 16.5. The summed E-state index contributed by atoms with van der Waals surface area (Å²) >= 11 is 0. The van der Waals surface area contributed by atoms with E-state index in [-0.39, 0.29) is 12.6 Å². The zero-order chi connectivity index (χ0) is 12.0. The van der Waals surface area contributed by atoms with Crippen molar-refractivity contribution in [2.24, 2.45) is 0 Å². The van der Waals surface area contributed by atoms with Crippen LogP contribution in [0.5, 0.6) is 5.75 Å². The van der Waals surface area contributed by atoms with E-state index in [9.17, 15) is 0 Å². The Morgan fingerprint density at radius 1 is 1.38 bits per heavy atom. The van der Waals surface area contributed by atoms with Crippen LogP contribution in [0.15, 0.2) is 24.3 Å². The quantitative estimate of drug-likeness (QED) is 0.796. The number of rotatable bonds is 6. The molecular formula is C13H21NO2. The summed E-state index contributed by atoms with van der Waals surface area (Å²) < 4.78 is 5.68. The van der Waals surface area contributed by atoms with Crippen molar-refractivity contribution in [1.29, 1.82) is 0 Å². The van der Waals surface area contributed by atoms with Crippen LogP contribution in [0.4, 0.5) is 0 Å². The lowest BCUT2D eigenvalue weighted by molar-refractivity contribution is 0.140. The van der Waals surface area contributed by atoms with Crippen molar-refractivity contribution in [3.8, 4) is 5.75 Å². The van der Waals surface area contributed by atoms with Gasteiger partial charge in [-0.05, 0) is 32.5 Å². The Hall–Kier alpha value is -1.06. The molecule has 1 rings (SSSR count). The SMILES string of the molecule is Cc1ccccc1OCCN(C)C(C)CO. The summed E-state index contributed by atoms with van der Waals surface area (Å²) in [5, 5.41) is 8.98. The molecule has 0 aliphatic rings. The molecule has 1 aromatic rings. The van der Waals surface area contributed by atoms with Gasteiger partial charge in [-0.3, -0.25) is 4.90 Å². The largest absolute Gasteiger partial charge is 0.492 e. The minimum Gasteiger partial charge on any atom is -0.492 e. The van der Waals surface area contributed by atoms with E-state index in [2.05, 4.69) is 4.90 Å². The smallest absolute Gasteiger partial charge is 0.122 e. The van der Waals surface area contributed by atoms with Crippen LogP contribution in [-0.2, 0) is 0 Å². The second kappa shape index (κ2) is 6.51. The average molecular weight is 223 g/mol. The molecule has 1 atom stereocenters. The summed E-state index contributed by atoms with van der Waals surface area (Å²) in [5.41, 5.74) is 1.15. The molecule has 0 aliphatic heterocycles. The zero-order valence-electron chi connectivity index (χ0n) is 10.3. The van der Waals surface area contributed by atoms with Gasteiger partial charge >= 0.3 is 0 Å². The summed E-state index contributed by atoms with van der Waals surface area (Å²) in [6.07, 6.45) is 0.